The highest BCUT2D eigenvalue weighted by Crippen LogP contribution is 2.36. The first kappa shape index (κ1) is 17.1. The summed E-state index contributed by atoms with van der Waals surface area (Å²) < 4.78 is 0. The van der Waals surface area contributed by atoms with Crippen molar-refractivity contribution in [1.82, 2.24) is 20.8 Å². The minimum Gasteiger partial charge on any atom is -0.508 e. The SMILES string of the molecule is CC(NC(=O)c1n[nH]c2ccccc12)C(=O)NC1CCc2c(O)cccc21. The maximum Gasteiger partial charge on any atom is 0.273 e. The molecule has 138 valence electrons. The highest BCUT2D eigenvalue weighted by atomic mass is 16.3. The molecule has 0 radical (unpaired) electrons. The van der Waals surface area contributed by atoms with Gasteiger partial charge < -0.3 is 15.7 Å². The monoisotopic (exact) mass is 364 g/mol. The molecule has 0 saturated heterocycles. The van der Waals surface area contributed by atoms with Crippen molar-refractivity contribution in [2.45, 2.75) is 31.8 Å². The largest absolute Gasteiger partial charge is 0.508 e. The molecule has 2 amide bonds. The number of H-pyrrole nitrogens is 1. The molecule has 4 rings (SSSR count). The molecule has 0 spiro atoms. The standard InChI is InChI=1S/C20H20N4O3/c1-11(21-20(27)18-14-5-2-3-7-16(14)23-24-18)19(26)22-15-10-9-13-12(15)6-4-8-17(13)25/h2-8,11,15,25H,9-10H2,1H3,(H,21,27)(H,22,26)(H,23,24). The Hall–Kier alpha value is -3.35. The number of nitrogens with zero attached hydrogens (tertiary/aromatic N) is 1. The molecule has 0 fully saturated rings. The van der Waals surface area contributed by atoms with E-state index in [0.29, 0.717) is 11.8 Å². The number of aromatic amines is 1. The Kier molecular flexibility index (Phi) is 4.27. The summed E-state index contributed by atoms with van der Waals surface area (Å²) in [5, 5.41) is 23.2. The second-order valence-corrected chi connectivity index (χ2v) is 6.76. The van der Waals surface area contributed by atoms with E-state index >= 15 is 0 Å². The van der Waals surface area contributed by atoms with Crippen molar-refractivity contribution in [2.75, 3.05) is 0 Å². The molecule has 2 aromatic carbocycles. The van der Waals surface area contributed by atoms with Crippen LogP contribution >= 0.6 is 0 Å². The second kappa shape index (κ2) is 6.75. The van der Waals surface area contributed by atoms with E-state index in [0.717, 1.165) is 23.1 Å². The Morgan fingerprint density at radius 3 is 2.89 bits per heavy atom. The number of benzene rings is 2. The zero-order valence-corrected chi connectivity index (χ0v) is 14.8. The first-order valence-corrected chi connectivity index (χ1v) is 8.89. The van der Waals surface area contributed by atoms with Gasteiger partial charge in [-0.2, -0.15) is 5.10 Å². The molecular weight excluding hydrogens is 344 g/mol. The minimum atomic E-state index is -0.714. The average Bonchev–Trinajstić information content (AvgIpc) is 3.27. The van der Waals surface area contributed by atoms with Crippen molar-refractivity contribution >= 4 is 22.7 Å². The normalized spacial score (nSPS) is 16.7. The van der Waals surface area contributed by atoms with Crippen LogP contribution in [0, 0.1) is 0 Å². The molecule has 7 nitrogen and oxygen atoms in total. The zero-order valence-electron chi connectivity index (χ0n) is 14.8. The lowest BCUT2D eigenvalue weighted by Crippen LogP contribution is -2.45. The number of amides is 2. The van der Waals surface area contributed by atoms with Crippen molar-refractivity contribution in [2.24, 2.45) is 0 Å². The Labute approximate surface area is 155 Å². The summed E-state index contributed by atoms with van der Waals surface area (Å²) in [4.78, 5) is 25.1. The third-order valence-corrected chi connectivity index (χ3v) is 4.99. The molecule has 27 heavy (non-hydrogen) atoms. The molecule has 3 aromatic rings. The molecule has 0 bridgehead atoms. The fourth-order valence-corrected chi connectivity index (χ4v) is 3.55. The lowest BCUT2D eigenvalue weighted by atomic mass is 10.1. The van der Waals surface area contributed by atoms with Crippen LogP contribution in [0.15, 0.2) is 42.5 Å². The number of hydrogen-bond donors (Lipinski definition) is 4. The van der Waals surface area contributed by atoms with E-state index in [1.165, 1.54) is 0 Å². The predicted molar refractivity (Wildman–Crippen MR) is 100 cm³/mol. The third kappa shape index (κ3) is 3.12. The van der Waals surface area contributed by atoms with Crippen molar-refractivity contribution in [3.63, 3.8) is 0 Å². The number of rotatable bonds is 4. The Bertz CT molecular complexity index is 1030. The van der Waals surface area contributed by atoms with Crippen LogP contribution in [-0.2, 0) is 11.2 Å². The van der Waals surface area contributed by atoms with E-state index in [1.54, 1.807) is 25.1 Å². The van der Waals surface area contributed by atoms with E-state index in [-0.39, 0.29) is 23.4 Å². The lowest BCUT2D eigenvalue weighted by molar-refractivity contribution is -0.123. The van der Waals surface area contributed by atoms with E-state index < -0.39 is 11.9 Å². The van der Waals surface area contributed by atoms with Crippen LogP contribution in [0.4, 0.5) is 0 Å². The number of hydrogen-bond acceptors (Lipinski definition) is 4. The molecular formula is C20H20N4O3. The number of para-hydroxylation sites is 1. The summed E-state index contributed by atoms with van der Waals surface area (Å²) in [7, 11) is 0. The molecule has 4 N–H and O–H groups in total. The van der Waals surface area contributed by atoms with Gasteiger partial charge in [0.05, 0.1) is 11.6 Å². The minimum absolute atomic E-state index is 0.162. The Morgan fingerprint density at radius 1 is 1.22 bits per heavy atom. The second-order valence-electron chi connectivity index (χ2n) is 6.76. The number of carbonyl (C=O) groups excluding carboxylic acids is 2. The number of nitrogens with one attached hydrogen (secondary N) is 3. The van der Waals surface area contributed by atoms with Crippen molar-refractivity contribution in [3.05, 3.63) is 59.3 Å². The van der Waals surface area contributed by atoms with Gasteiger partial charge >= 0.3 is 0 Å². The molecule has 1 aliphatic rings. The van der Waals surface area contributed by atoms with Gasteiger partial charge in [0.15, 0.2) is 5.69 Å². The van der Waals surface area contributed by atoms with Crippen LogP contribution in [-0.4, -0.2) is 33.2 Å². The number of aromatic hydroxyl groups is 1. The number of phenols is 1. The van der Waals surface area contributed by atoms with Crippen LogP contribution in [0.2, 0.25) is 0 Å². The predicted octanol–water partition coefficient (Wildman–Crippen LogP) is 2.19. The molecule has 0 aliphatic heterocycles. The lowest BCUT2D eigenvalue weighted by Gasteiger charge is -2.18. The average molecular weight is 364 g/mol. The smallest absolute Gasteiger partial charge is 0.273 e. The van der Waals surface area contributed by atoms with Gasteiger partial charge in [-0.3, -0.25) is 14.7 Å². The topological polar surface area (TPSA) is 107 Å². The third-order valence-electron chi connectivity index (χ3n) is 4.99. The maximum absolute atomic E-state index is 12.5. The van der Waals surface area contributed by atoms with Crippen molar-refractivity contribution in [1.29, 1.82) is 0 Å². The fourth-order valence-electron chi connectivity index (χ4n) is 3.55. The molecule has 2 unspecified atom stereocenters. The van der Waals surface area contributed by atoms with Crippen molar-refractivity contribution in [3.8, 4) is 5.75 Å². The van der Waals surface area contributed by atoms with Gasteiger partial charge in [0.25, 0.3) is 5.91 Å². The van der Waals surface area contributed by atoms with Crippen LogP contribution in [0.25, 0.3) is 10.9 Å². The highest BCUT2D eigenvalue weighted by Gasteiger charge is 2.28. The van der Waals surface area contributed by atoms with Crippen LogP contribution in [0.3, 0.4) is 0 Å². The van der Waals surface area contributed by atoms with Gasteiger partial charge in [0.1, 0.15) is 11.8 Å². The van der Waals surface area contributed by atoms with Crippen molar-refractivity contribution < 1.29 is 14.7 Å². The quantitative estimate of drug-likeness (QED) is 0.569. The summed E-state index contributed by atoms with van der Waals surface area (Å²) in [6, 6.07) is 11.8. The number of phenolic OH excluding ortho intramolecular Hbond substituents is 1. The van der Waals surface area contributed by atoms with Gasteiger partial charge in [-0.05, 0) is 43.0 Å². The molecule has 7 heteroatoms. The van der Waals surface area contributed by atoms with Gasteiger partial charge in [-0.15, -0.1) is 0 Å². The summed E-state index contributed by atoms with van der Waals surface area (Å²) in [5.41, 5.74) is 2.84. The first-order valence-electron chi connectivity index (χ1n) is 8.89. The number of fused-ring (bicyclic) bond motifs is 2. The highest BCUT2D eigenvalue weighted by molar-refractivity contribution is 6.05. The van der Waals surface area contributed by atoms with E-state index in [1.807, 2.05) is 24.3 Å². The van der Waals surface area contributed by atoms with Gasteiger partial charge in [-0.1, -0.05) is 30.3 Å². The van der Waals surface area contributed by atoms with Gasteiger partial charge in [0.2, 0.25) is 5.91 Å². The van der Waals surface area contributed by atoms with E-state index in [2.05, 4.69) is 20.8 Å². The number of aromatic nitrogens is 2. The summed E-state index contributed by atoms with van der Waals surface area (Å²) in [5.74, 6) is -0.417. The summed E-state index contributed by atoms with van der Waals surface area (Å²) >= 11 is 0. The zero-order chi connectivity index (χ0) is 19.0. The van der Waals surface area contributed by atoms with Crippen LogP contribution in [0.1, 0.15) is 41.0 Å². The molecule has 2 atom stereocenters. The summed E-state index contributed by atoms with van der Waals surface area (Å²) in [6.45, 7) is 1.64. The summed E-state index contributed by atoms with van der Waals surface area (Å²) in [6.07, 6.45) is 1.44. The fraction of sp³-hybridized carbons (Fsp3) is 0.250. The molecule has 1 aliphatic carbocycles. The molecule has 1 aromatic heterocycles. The van der Waals surface area contributed by atoms with E-state index in [4.69, 9.17) is 0 Å². The molecule has 1 heterocycles. The van der Waals surface area contributed by atoms with E-state index in [9.17, 15) is 14.7 Å². The molecule has 0 saturated carbocycles. The Balaban J connectivity index is 1.43. The Morgan fingerprint density at radius 2 is 2.04 bits per heavy atom. The van der Waals surface area contributed by atoms with Gasteiger partial charge in [0, 0.05) is 5.39 Å². The number of carbonyl (C=O) groups is 2. The van der Waals surface area contributed by atoms with Crippen LogP contribution < -0.4 is 10.6 Å². The maximum atomic E-state index is 12.5. The first-order chi connectivity index (χ1) is 13.0. The van der Waals surface area contributed by atoms with Gasteiger partial charge in [-0.25, -0.2) is 0 Å². The van der Waals surface area contributed by atoms with Crippen LogP contribution in [0.5, 0.6) is 5.75 Å².